The normalized spacial score (nSPS) is 10.9. The van der Waals surface area contributed by atoms with Gasteiger partial charge < -0.3 is 16.2 Å². The summed E-state index contributed by atoms with van der Waals surface area (Å²) in [6.07, 6.45) is 1.60. The zero-order valence-corrected chi connectivity index (χ0v) is 15.6. The summed E-state index contributed by atoms with van der Waals surface area (Å²) in [5.41, 5.74) is 8.73. The molecular formula is C20H17F2N7O. The maximum atomic E-state index is 14.3. The third kappa shape index (κ3) is 3.67. The van der Waals surface area contributed by atoms with Crippen LogP contribution in [0.1, 0.15) is 0 Å². The summed E-state index contributed by atoms with van der Waals surface area (Å²) in [4.78, 5) is 4.21. The SMILES string of the molecule is Nc1ncc(-c2ccc(NCCO)cc2)cc1-c1nnnn1-c1cccc(F)c1F. The average Bonchev–Trinajstić information content (AvgIpc) is 3.24. The van der Waals surface area contributed by atoms with Gasteiger partial charge >= 0.3 is 0 Å². The minimum absolute atomic E-state index is 0.0353. The molecule has 0 spiro atoms. The maximum Gasteiger partial charge on any atom is 0.190 e. The first-order chi connectivity index (χ1) is 14.6. The van der Waals surface area contributed by atoms with E-state index in [0.29, 0.717) is 12.1 Å². The highest BCUT2D eigenvalue weighted by molar-refractivity contribution is 5.77. The number of nitrogens with two attached hydrogens (primary N) is 1. The van der Waals surface area contributed by atoms with Gasteiger partial charge in [-0.15, -0.1) is 5.10 Å². The van der Waals surface area contributed by atoms with Crippen LogP contribution in [0, 0.1) is 11.6 Å². The molecule has 0 fully saturated rings. The first-order valence-electron chi connectivity index (χ1n) is 9.02. The summed E-state index contributed by atoms with van der Waals surface area (Å²) in [7, 11) is 0. The molecular weight excluding hydrogens is 392 g/mol. The third-order valence-corrected chi connectivity index (χ3v) is 4.45. The Balaban J connectivity index is 1.74. The Kier molecular flexibility index (Phi) is 5.31. The molecule has 152 valence electrons. The Hall–Kier alpha value is -3.92. The molecule has 4 N–H and O–H groups in total. The largest absolute Gasteiger partial charge is 0.395 e. The van der Waals surface area contributed by atoms with Crippen molar-refractivity contribution in [3.05, 3.63) is 66.4 Å². The van der Waals surface area contributed by atoms with Gasteiger partial charge in [0, 0.05) is 24.0 Å². The van der Waals surface area contributed by atoms with Crippen LogP contribution in [0.3, 0.4) is 0 Å². The van der Waals surface area contributed by atoms with Crippen LogP contribution in [-0.2, 0) is 0 Å². The van der Waals surface area contributed by atoms with Crippen molar-refractivity contribution in [3.63, 3.8) is 0 Å². The first-order valence-corrected chi connectivity index (χ1v) is 9.02. The molecule has 0 aliphatic rings. The van der Waals surface area contributed by atoms with E-state index in [-0.39, 0.29) is 23.9 Å². The van der Waals surface area contributed by atoms with Gasteiger partial charge in [0.15, 0.2) is 17.5 Å². The lowest BCUT2D eigenvalue weighted by molar-refractivity contribution is 0.311. The molecule has 0 saturated carbocycles. The second kappa shape index (κ2) is 8.21. The molecule has 30 heavy (non-hydrogen) atoms. The van der Waals surface area contributed by atoms with Crippen LogP contribution in [0.25, 0.3) is 28.2 Å². The predicted molar refractivity (Wildman–Crippen MR) is 108 cm³/mol. The Morgan fingerprint density at radius 2 is 1.87 bits per heavy atom. The van der Waals surface area contributed by atoms with E-state index in [0.717, 1.165) is 27.6 Å². The maximum absolute atomic E-state index is 14.3. The first kappa shape index (κ1) is 19.4. The zero-order chi connectivity index (χ0) is 21.1. The molecule has 2 aromatic heterocycles. The minimum Gasteiger partial charge on any atom is -0.395 e. The Labute approximate surface area is 170 Å². The molecule has 0 aliphatic heterocycles. The lowest BCUT2D eigenvalue weighted by atomic mass is 10.0. The van der Waals surface area contributed by atoms with E-state index in [9.17, 15) is 8.78 Å². The number of halogens is 2. The highest BCUT2D eigenvalue weighted by Gasteiger charge is 2.19. The van der Waals surface area contributed by atoms with E-state index in [1.165, 1.54) is 12.1 Å². The monoisotopic (exact) mass is 409 g/mol. The molecule has 0 saturated heterocycles. The minimum atomic E-state index is -1.07. The highest BCUT2D eigenvalue weighted by atomic mass is 19.2. The fourth-order valence-electron chi connectivity index (χ4n) is 2.97. The van der Waals surface area contributed by atoms with Crippen LogP contribution >= 0.6 is 0 Å². The molecule has 8 nitrogen and oxygen atoms in total. The van der Waals surface area contributed by atoms with E-state index in [1.54, 1.807) is 12.3 Å². The zero-order valence-electron chi connectivity index (χ0n) is 15.6. The van der Waals surface area contributed by atoms with Crippen LogP contribution in [-0.4, -0.2) is 43.4 Å². The summed E-state index contributed by atoms with van der Waals surface area (Å²) in [6, 6.07) is 13.0. The van der Waals surface area contributed by atoms with Crippen LogP contribution in [0.4, 0.5) is 20.3 Å². The highest BCUT2D eigenvalue weighted by Crippen LogP contribution is 2.30. The summed E-state index contributed by atoms with van der Waals surface area (Å²) >= 11 is 0. The van der Waals surface area contributed by atoms with Crippen molar-refractivity contribution < 1.29 is 13.9 Å². The number of hydrogen-bond acceptors (Lipinski definition) is 7. The fourth-order valence-corrected chi connectivity index (χ4v) is 2.97. The number of aromatic nitrogens is 5. The average molecular weight is 409 g/mol. The number of pyridine rings is 1. The topological polar surface area (TPSA) is 115 Å². The van der Waals surface area contributed by atoms with Gasteiger partial charge in [-0.1, -0.05) is 18.2 Å². The summed E-state index contributed by atoms with van der Waals surface area (Å²) in [5.74, 6) is -1.80. The number of rotatable bonds is 6. The lowest BCUT2D eigenvalue weighted by Crippen LogP contribution is -2.06. The molecule has 4 aromatic rings. The molecule has 2 aromatic carbocycles. The lowest BCUT2D eigenvalue weighted by Gasteiger charge is -2.10. The van der Waals surface area contributed by atoms with Crippen molar-refractivity contribution in [3.8, 4) is 28.2 Å². The molecule has 4 rings (SSSR count). The second-order valence-electron chi connectivity index (χ2n) is 6.37. The number of aliphatic hydroxyl groups excluding tert-OH is 1. The van der Waals surface area contributed by atoms with Crippen LogP contribution in [0.2, 0.25) is 0 Å². The summed E-state index contributed by atoms with van der Waals surface area (Å²) < 4.78 is 29.0. The molecule has 0 aliphatic carbocycles. The second-order valence-corrected chi connectivity index (χ2v) is 6.37. The molecule has 0 unspecified atom stereocenters. The van der Waals surface area contributed by atoms with Crippen molar-refractivity contribution in [1.82, 2.24) is 25.2 Å². The molecule has 2 heterocycles. The smallest absolute Gasteiger partial charge is 0.190 e. The number of hydrogen-bond donors (Lipinski definition) is 3. The van der Waals surface area contributed by atoms with Crippen LogP contribution in [0.15, 0.2) is 54.7 Å². The van der Waals surface area contributed by atoms with Crippen molar-refractivity contribution >= 4 is 11.5 Å². The number of aliphatic hydroxyl groups is 1. The molecule has 0 radical (unpaired) electrons. The molecule has 10 heteroatoms. The van der Waals surface area contributed by atoms with E-state index < -0.39 is 11.6 Å². The Bertz CT molecular complexity index is 1180. The number of benzene rings is 2. The van der Waals surface area contributed by atoms with Crippen LogP contribution in [0.5, 0.6) is 0 Å². The van der Waals surface area contributed by atoms with Gasteiger partial charge in [0.1, 0.15) is 11.5 Å². The molecule has 0 amide bonds. The van der Waals surface area contributed by atoms with Gasteiger partial charge in [0.05, 0.1) is 12.2 Å². The van der Waals surface area contributed by atoms with Crippen molar-refractivity contribution in [1.29, 1.82) is 0 Å². The number of nitrogen functional groups attached to an aromatic ring is 1. The van der Waals surface area contributed by atoms with Crippen LogP contribution < -0.4 is 11.1 Å². The van der Waals surface area contributed by atoms with Crippen molar-refractivity contribution in [2.45, 2.75) is 0 Å². The Morgan fingerprint density at radius 3 is 2.63 bits per heavy atom. The van der Waals surface area contributed by atoms with Gasteiger partial charge in [-0.25, -0.2) is 13.8 Å². The standard InChI is InChI=1S/C20H17F2N7O/c21-16-2-1-3-17(18(16)22)29-20(26-27-28-29)15-10-13(11-25-19(15)23)12-4-6-14(7-5-12)24-8-9-30/h1-7,10-11,24,30H,8-9H2,(H2,23,25). The summed E-state index contributed by atoms with van der Waals surface area (Å²) in [6.45, 7) is 0.486. The van der Waals surface area contributed by atoms with Gasteiger partial charge in [0.25, 0.3) is 0 Å². The number of anilines is 2. The van der Waals surface area contributed by atoms with E-state index in [4.69, 9.17) is 10.8 Å². The number of tetrazole rings is 1. The van der Waals surface area contributed by atoms with E-state index in [1.807, 2.05) is 24.3 Å². The quantitative estimate of drug-likeness (QED) is 0.448. The Morgan fingerprint density at radius 1 is 1.07 bits per heavy atom. The van der Waals surface area contributed by atoms with Gasteiger partial charge in [0.2, 0.25) is 0 Å². The molecule has 0 atom stereocenters. The number of nitrogens with one attached hydrogen (secondary N) is 1. The fraction of sp³-hybridized carbons (Fsp3) is 0.100. The van der Waals surface area contributed by atoms with Gasteiger partial charge in [-0.2, -0.15) is 4.68 Å². The van der Waals surface area contributed by atoms with Crippen molar-refractivity contribution in [2.24, 2.45) is 0 Å². The van der Waals surface area contributed by atoms with E-state index in [2.05, 4.69) is 25.8 Å². The molecule has 0 bridgehead atoms. The van der Waals surface area contributed by atoms with E-state index >= 15 is 0 Å². The summed E-state index contributed by atoms with van der Waals surface area (Å²) in [5, 5.41) is 23.3. The van der Waals surface area contributed by atoms with Gasteiger partial charge in [-0.05, 0) is 46.3 Å². The number of nitrogens with zero attached hydrogens (tertiary/aromatic N) is 5. The van der Waals surface area contributed by atoms with Gasteiger partial charge in [-0.3, -0.25) is 0 Å². The van der Waals surface area contributed by atoms with Crippen molar-refractivity contribution in [2.75, 3.05) is 24.2 Å². The predicted octanol–water partition coefficient (Wildman–Crippen LogP) is 2.66. The third-order valence-electron chi connectivity index (χ3n) is 4.45.